The van der Waals surface area contributed by atoms with Crippen molar-refractivity contribution in [2.75, 3.05) is 11.9 Å². The smallest absolute Gasteiger partial charge is 0.244 e. The molecule has 5 nitrogen and oxygen atoms in total. The summed E-state index contributed by atoms with van der Waals surface area (Å²) >= 11 is 5.91. The maximum atomic E-state index is 12.8. The second-order valence-electron chi connectivity index (χ2n) is 7.48. The summed E-state index contributed by atoms with van der Waals surface area (Å²) < 4.78 is 0. The first kappa shape index (κ1) is 15.1. The minimum Gasteiger partial charge on any atom is -0.324 e. The number of benzene rings is 1. The van der Waals surface area contributed by atoms with Gasteiger partial charge in [0, 0.05) is 10.7 Å². The molecule has 1 saturated heterocycles. The molecular formula is C19H17ClN2O3. The van der Waals surface area contributed by atoms with Crippen LogP contribution in [-0.2, 0) is 14.4 Å². The fourth-order valence-corrected chi connectivity index (χ4v) is 5.28. The van der Waals surface area contributed by atoms with Gasteiger partial charge < -0.3 is 5.32 Å². The summed E-state index contributed by atoms with van der Waals surface area (Å²) in [6, 6.07) is 6.79. The van der Waals surface area contributed by atoms with Crippen LogP contribution in [0.3, 0.4) is 0 Å². The maximum absolute atomic E-state index is 12.8. The molecule has 128 valence electrons. The number of carbonyl (C=O) groups is 3. The molecule has 2 bridgehead atoms. The second kappa shape index (κ2) is 5.18. The first-order valence-corrected chi connectivity index (χ1v) is 9.01. The molecule has 0 aromatic heterocycles. The van der Waals surface area contributed by atoms with Crippen molar-refractivity contribution in [3.8, 4) is 0 Å². The van der Waals surface area contributed by atoms with Crippen LogP contribution in [0.1, 0.15) is 6.42 Å². The lowest BCUT2D eigenvalue weighted by Crippen LogP contribution is -2.40. The molecule has 2 saturated carbocycles. The van der Waals surface area contributed by atoms with Crippen molar-refractivity contribution < 1.29 is 14.4 Å². The number of carbonyl (C=O) groups excluding carboxylic acids is 3. The van der Waals surface area contributed by atoms with Gasteiger partial charge in [0.15, 0.2) is 0 Å². The summed E-state index contributed by atoms with van der Waals surface area (Å²) in [5.41, 5.74) is 0.553. The highest BCUT2D eigenvalue weighted by Crippen LogP contribution is 2.65. The Morgan fingerprint density at radius 3 is 2.36 bits per heavy atom. The van der Waals surface area contributed by atoms with E-state index in [4.69, 9.17) is 11.6 Å². The molecule has 0 spiro atoms. The molecule has 6 atom stereocenters. The van der Waals surface area contributed by atoms with Crippen LogP contribution in [0.5, 0.6) is 0 Å². The molecule has 1 aliphatic heterocycles. The van der Waals surface area contributed by atoms with E-state index in [-0.39, 0.29) is 47.9 Å². The molecule has 1 aromatic rings. The van der Waals surface area contributed by atoms with Gasteiger partial charge in [-0.05, 0) is 48.3 Å². The normalized spacial score (nSPS) is 37.1. The van der Waals surface area contributed by atoms with Gasteiger partial charge in [-0.3, -0.25) is 19.3 Å². The SMILES string of the molecule is O=C(CN1C(=O)[C@@H]2[C@H]3C=C[C@@H]([C@@H]4C[C@H]34)[C@@H]2C1=O)Nc1cccc(Cl)c1. The van der Waals surface area contributed by atoms with Crippen LogP contribution in [0.4, 0.5) is 5.69 Å². The zero-order valence-corrected chi connectivity index (χ0v) is 14.1. The Labute approximate surface area is 150 Å². The highest BCUT2D eigenvalue weighted by atomic mass is 35.5. The average molecular weight is 357 g/mol. The largest absolute Gasteiger partial charge is 0.324 e. The predicted octanol–water partition coefficient (Wildman–Crippen LogP) is 2.33. The number of likely N-dealkylation sites (tertiary alicyclic amines) is 1. The standard InChI is InChI=1S/C19H17ClN2O3/c20-9-2-1-3-10(6-9)21-15(23)8-22-18(24)16-11-4-5-12(14-7-13(11)14)17(16)19(22)25/h1-6,11-14,16-17H,7-8H2,(H,21,23)/t11-,12-,13-,14+,16-,17+/m0/s1. The van der Waals surface area contributed by atoms with Crippen molar-refractivity contribution >= 4 is 35.0 Å². The summed E-state index contributed by atoms with van der Waals surface area (Å²) in [7, 11) is 0. The van der Waals surface area contributed by atoms with E-state index in [0.717, 1.165) is 11.3 Å². The Hall–Kier alpha value is -2.14. The van der Waals surface area contributed by atoms with Gasteiger partial charge in [-0.1, -0.05) is 29.8 Å². The molecule has 3 fully saturated rings. The van der Waals surface area contributed by atoms with Crippen LogP contribution >= 0.6 is 11.6 Å². The highest BCUT2D eigenvalue weighted by molar-refractivity contribution is 6.30. The first-order chi connectivity index (χ1) is 12.0. The summed E-state index contributed by atoms with van der Waals surface area (Å²) in [6.45, 7) is -0.230. The van der Waals surface area contributed by atoms with Crippen LogP contribution in [0, 0.1) is 35.5 Å². The number of anilines is 1. The van der Waals surface area contributed by atoms with Crippen LogP contribution in [-0.4, -0.2) is 29.2 Å². The molecule has 1 aromatic carbocycles. The van der Waals surface area contributed by atoms with Gasteiger partial charge >= 0.3 is 0 Å². The Morgan fingerprint density at radius 1 is 1.12 bits per heavy atom. The van der Waals surface area contributed by atoms with Crippen molar-refractivity contribution in [2.45, 2.75) is 6.42 Å². The fourth-order valence-electron chi connectivity index (χ4n) is 5.08. The molecule has 25 heavy (non-hydrogen) atoms. The third-order valence-electron chi connectivity index (χ3n) is 6.16. The maximum Gasteiger partial charge on any atom is 0.244 e. The number of imide groups is 1. The van der Waals surface area contributed by atoms with E-state index in [9.17, 15) is 14.4 Å². The number of nitrogens with zero attached hydrogens (tertiary/aromatic N) is 1. The lowest BCUT2D eigenvalue weighted by Gasteiger charge is -2.37. The van der Waals surface area contributed by atoms with E-state index >= 15 is 0 Å². The van der Waals surface area contributed by atoms with Crippen LogP contribution in [0.15, 0.2) is 36.4 Å². The minimum atomic E-state index is -0.381. The Morgan fingerprint density at radius 2 is 1.76 bits per heavy atom. The number of allylic oxidation sites excluding steroid dienone is 2. The Bertz CT molecular complexity index is 800. The van der Waals surface area contributed by atoms with Gasteiger partial charge in [0.25, 0.3) is 0 Å². The van der Waals surface area contributed by atoms with Gasteiger partial charge in [0.1, 0.15) is 6.54 Å². The Balaban J connectivity index is 1.33. The third kappa shape index (κ3) is 2.18. The van der Waals surface area contributed by atoms with E-state index in [2.05, 4.69) is 17.5 Å². The number of hydrogen-bond acceptors (Lipinski definition) is 3. The molecule has 1 N–H and O–H groups in total. The lowest BCUT2D eigenvalue weighted by molar-refractivity contribution is -0.142. The molecule has 5 aliphatic rings. The number of amides is 3. The molecular weight excluding hydrogens is 340 g/mol. The monoisotopic (exact) mass is 356 g/mol. The summed E-state index contributed by atoms with van der Waals surface area (Å²) in [5, 5.41) is 3.22. The number of nitrogens with one attached hydrogen (secondary N) is 1. The van der Waals surface area contributed by atoms with Gasteiger partial charge in [-0.25, -0.2) is 0 Å². The van der Waals surface area contributed by atoms with E-state index in [1.54, 1.807) is 24.3 Å². The quantitative estimate of drug-likeness (QED) is 0.667. The zero-order chi connectivity index (χ0) is 17.3. The van der Waals surface area contributed by atoms with Gasteiger partial charge in [0.05, 0.1) is 11.8 Å². The fraction of sp³-hybridized carbons (Fsp3) is 0.421. The molecule has 4 aliphatic carbocycles. The van der Waals surface area contributed by atoms with Gasteiger partial charge in [-0.15, -0.1) is 0 Å². The third-order valence-corrected chi connectivity index (χ3v) is 6.40. The van der Waals surface area contributed by atoms with E-state index in [0.29, 0.717) is 22.5 Å². The Kier molecular flexibility index (Phi) is 3.14. The van der Waals surface area contributed by atoms with E-state index in [1.165, 1.54) is 0 Å². The van der Waals surface area contributed by atoms with Crippen LogP contribution in [0.2, 0.25) is 5.02 Å². The summed E-state index contributed by atoms with van der Waals surface area (Å²) in [5.74, 6) is 0.224. The molecule has 0 radical (unpaired) electrons. The molecule has 0 unspecified atom stereocenters. The van der Waals surface area contributed by atoms with Crippen molar-refractivity contribution in [1.82, 2.24) is 4.90 Å². The number of rotatable bonds is 3. The topological polar surface area (TPSA) is 66.5 Å². The van der Waals surface area contributed by atoms with Crippen LogP contribution in [0.25, 0.3) is 0 Å². The molecule has 3 amide bonds. The van der Waals surface area contributed by atoms with E-state index < -0.39 is 0 Å². The van der Waals surface area contributed by atoms with Crippen molar-refractivity contribution in [2.24, 2.45) is 35.5 Å². The second-order valence-corrected chi connectivity index (χ2v) is 7.91. The summed E-state index contributed by atoms with van der Waals surface area (Å²) in [6.07, 6.45) is 5.38. The van der Waals surface area contributed by atoms with Crippen LogP contribution < -0.4 is 5.32 Å². The van der Waals surface area contributed by atoms with Gasteiger partial charge in [-0.2, -0.15) is 0 Å². The molecule has 6 heteroatoms. The first-order valence-electron chi connectivity index (χ1n) is 8.63. The van der Waals surface area contributed by atoms with Crippen molar-refractivity contribution in [3.63, 3.8) is 0 Å². The lowest BCUT2D eigenvalue weighted by atomic mass is 9.63. The minimum absolute atomic E-state index is 0.178. The number of halogens is 1. The van der Waals surface area contributed by atoms with Gasteiger partial charge in [0.2, 0.25) is 17.7 Å². The predicted molar refractivity (Wildman–Crippen MR) is 91.5 cm³/mol. The zero-order valence-electron chi connectivity index (χ0n) is 13.4. The average Bonchev–Trinajstić information content (AvgIpc) is 3.36. The van der Waals surface area contributed by atoms with Crippen molar-refractivity contribution in [3.05, 3.63) is 41.4 Å². The van der Waals surface area contributed by atoms with Crippen molar-refractivity contribution in [1.29, 1.82) is 0 Å². The highest BCUT2D eigenvalue weighted by Gasteiger charge is 2.67. The molecule has 6 rings (SSSR count). The molecule has 1 heterocycles. The number of hydrogen-bond donors (Lipinski definition) is 1. The summed E-state index contributed by atoms with van der Waals surface area (Å²) in [4.78, 5) is 39.1. The van der Waals surface area contributed by atoms with E-state index in [1.807, 2.05) is 0 Å².